The number of hydrogen-bond donors (Lipinski definition) is 0. The lowest BCUT2D eigenvalue weighted by Crippen LogP contribution is -2.07. The number of benzene rings is 2. The lowest BCUT2D eigenvalue weighted by Gasteiger charge is -2.09. The SMILES string of the molecule is Cc1cccc(C)c1CC(=O)c1ccc(Br)c(F)c1. The van der Waals surface area contributed by atoms with E-state index in [1.807, 2.05) is 32.0 Å². The first-order valence-electron chi connectivity index (χ1n) is 6.02. The van der Waals surface area contributed by atoms with Crippen molar-refractivity contribution in [3.63, 3.8) is 0 Å². The second-order valence-electron chi connectivity index (χ2n) is 4.60. The lowest BCUT2D eigenvalue weighted by atomic mass is 9.95. The summed E-state index contributed by atoms with van der Waals surface area (Å²) >= 11 is 3.08. The Hall–Kier alpha value is -1.48. The second-order valence-corrected chi connectivity index (χ2v) is 5.45. The van der Waals surface area contributed by atoms with Gasteiger partial charge in [0.15, 0.2) is 5.78 Å². The largest absolute Gasteiger partial charge is 0.294 e. The third-order valence-corrected chi connectivity index (χ3v) is 3.87. The molecule has 2 aromatic carbocycles. The number of carbonyl (C=O) groups is 1. The lowest BCUT2D eigenvalue weighted by molar-refractivity contribution is 0.0992. The van der Waals surface area contributed by atoms with Crippen molar-refractivity contribution in [1.82, 2.24) is 0 Å². The van der Waals surface area contributed by atoms with E-state index in [-0.39, 0.29) is 5.78 Å². The molecular formula is C16H14BrFO. The predicted octanol–water partition coefficient (Wildman–Crippen LogP) is 4.63. The number of Topliss-reactive ketones (excluding diaryl/α,β-unsaturated/α-hetero) is 1. The molecule has 0 saturated carbocycles. The van der Waals surface area contributed by atoms with Crippen molar-refractivity contribution >= 4 is 21.7 Å². The summed E-state index contributed by atoms with van der Waals surface area (Å²) in [7, 11) is 0. The molecule has 3 heteroatoms. The monoisotopic (exact) mass is 320 g/mol. The second kappa shape index (κ2) is 5.66. The summed E-state index contributed by atoms with van der Waals surface area (Å²) in [6.45, 7) is 3.97. The van der Waals surface area contributed by atoms with Crippen molar-refractivity contribution < 1.29 is 9.18 Å². The highest BCUT2D eigenvalue weighted by molar-refractivity contribution is 9.10. The maximum Gasteiger partial charge on any atom is 0.167 e. The highest BCUT2D eigenvalue weighted by Crippen LogP contribution is 2.20. The normalized spacial score (nSPS) is 10.5. The maximum absolute atomic E-state index is 13.4. The van der Waals surface area contributed by atoms with Crippen LogP contribution in [0.3, 0.4) is 0 Å². The van der Waals surface area contributed by atoms with Gasteiger partial charge in [-0.2, -0.15) is 0 Å². The van der Waals surface area contributed by atoms with Gasteiger partial charge in [-0.05, 0) is 58.6 Å². The summed E-state index contributed by atoms with van der Waals surface area (Å²) in [5, 5.41) is 0. The molecule has 0 heterocycles. The summed E-state index contributed by atoms with van der Waals surface area (Å²) in [5.74, 6) is -0.476. The van der Waals surface area contributed by atoms with Gasteiger partial charge < -0.3 is 0 Å². The molecule has 0 amide bonds. The molecule has 0 spiro atoms. The highest BCUT2D eigenvalue weighted by atomic mass is 79.9. The quantitative estimate of drug-likeness (QED) is 0.753. The minimum atomic E-state index is -0.410. The van der Waals surface area contributed by atoms with Gasteiger partial charge >= 0.3 is 0 Å². The fourth-order valence-corrected chi connectivity index (χ4v) is 2.31. The van der Waals surface area contributed by atoms with E-state index in [2.05, 4.69) is 15.9 Å². The Labute approximate surface area is 120 Å². The zero-order valence-electron chi connectivity index (χ0n) is 10.8. The molecule has 0 saturated heterocycles. The third kappa shape index (κ3) is 3.10. The Morgan fingerprint density at radius 3 is 2.37 bits per heavy atom. The molecule has 2 aromatic rings. The molecule has 0 unspecified atom stereocenters. The van der Waals surface area contributed by atoms with Crippen molar-refractivity contribution in [3.8, 4) is 0 Å². The molecule has 0 atom stereocenters. The van der Waals surface area contributed by atoms with Gasteiger partial charge in [-0.15, -0.1) is 0 Å². The topological polar surface area (TPSA) is 17.1 Å². The standard InChI is InChI=1S/C16H14BrFO/c1-10-4-3-5-11(2)13(10)9-16(19)12-6-7-14(17)15(18)8-12/h3-8H,9H2,1-2H3. The average Bonchev–Trinajstić information content (AvgIpc) is 2.37. The first kappa shape index (κ1) is 13.9. The van der Waals surface area contributed by atoms with Crippen LogP contribution in [-0.4, -0.2) is 5.78 Å². The Balaban J connectivity index is 2.28. The molecule has 0 aliphatic heterocycles. The molecular weight excluding hydrogens is 307 g/mol. The Kier molecular flexibility index (Phi) is 4.15. The van der Waals surface area contributed by atoms with E-state index in [4.69, 9.17) is 0 Å². The van der Waals surface area contributed by atoms with Crippen molar-refractivity contribution in [1.29, 1.82) is 0 Å². The summed E-state index contributed by atoms with van der Waals surface area (Å²) in [6, 6.07) is 10.4. The summed E-state index contributed by atoms with van der Waals surface area (Å²) < 4.78 is 13.8. The fourth-order valence-electron chi connectivity index (χ4n) is 2.06. The van der Waals surface area contributed by atoms with E-state index in [9.17, 15) is 9.18 Å². The fraction of sp³-hybridized carbons (Fsp3) is 0.188. The molecule has 0 aliphatic carbocycles. The molecule has 0 N–H and O–H groups in total. The van der Waals surface area contributed by atoms with Gasteiger partial charge in [-0.1, -0.05) is 24.3 Å². The van der Waals surface area contributed by atoms with Gasteiger partial charge in [0, 0.05) is 12.0 Å². The van der Waals surface area contributed by atoms with Crippen molar-refractivity contribution in [2.75, 3.05) is 0 Å². The van der Waals surface area contributed by atoms with Crippen LogP contribution in [-0.2, 0) is 6.42 Å². The van der Waals surface area contributed by atoms with Gasteiger partial charge in [-0.3, -0.25) is 4.79 Å². The number of rotatable bonds is 3. The summed E-state index contributed by atoms with van der Waals surface area (Å²) in [4.78, 5) is 12.2. The third-order valence-electron chi connectivity index (χ3n) is 3.22. The number of ketones is 1. The van der Waals surface area contributed by atoms with E-state index in [1.54, 1.807) is 12.1 Å². The average molecular weight is 321 g/mol. The zero-order chi connectivity index (χ0) is 14.0. The molecule has 1 nitrogen and oxygen atoms in total. The molecule has 0 aromatic heterocycles. The van der Waals surface area contributed by atoms with Crippen LogP contribution < -0.4 is 0 Å². The maximum atomic E-state index is 13.4. The minimum Gasteiger partial charge on any atom is -0.294 e. The van der Waals surface area contributed by atoms with Crippen LogP contribution in [0.2, 0.25) is 0 Å². The van der Waals surface area contributed by atoms with Crippen LogP contribution in [0.25, 0.3) is 0 Å². The van der Waals surface area contributed by atoms with Crippen molar-refractivity contribution in [2.24, 2.45) is 0 Å². The smallest absolute Gasteiger partial charge is 0.167 e. The van der Waals surface area contributed by atoms with E-state index >= 15 is 0 Å². The molecule has 19 heavy (non-hydrogen) atoms. The van der Waals surface area contributed by atoms with Crippen LogP contribution in [0.15, 0.2) is 40.9 Å². The first-order chi connectivity index (χ1) is 8.99. The van der Waals surface area contributed by atoms with Crippen molar-refractivity contribution in [2.45, 2.75) is 20.3 Å². The molecule has 0 radical (unpaired) electrons. The summed E-state index contributed by atoms with van der Waals surface area (Å²) in [6.07, 6.45) is 0.305. The minimum absolute atomic E-state index is 0.0659. The van der Waals surface area contributed by atoms with E-state index in [1.165, 1.54) is 6.07 Å². The van der Waals surface area contributed by atoms with Crippen molar-refractivity contribution in [3.05, 3.63) is 68.9 Å². The molecule has 0 bridgehead atoms. The van der Waals surface area contributed by atoms with E-state index in [0.29, 0.717) is 16.5 Å². The van der Waals surface area contributed by atoms with Crippen LogP contribution in [0, 0.1) is 19.7 Å². The molecule has 0 fully saturated rings. The number of hydrogen-bond acceptors (Lipinski definition) is 1. The number of aryl methyl sites for hydroxylation is 2. The van der Waals surface area contributed by atoms with Gasteiger partial charge in [0.1, 0.15) is 5.82 Å². The Morgan fingerprint density at radius 2 is 1.79 bits per heavy atom. The van der Waals surface area contributed by atoms with Gasteiger partial charge in [0.25, 0.3) is 0 Å². The van der Waals surface area contributed by atoms with E-state index in [0.717, 1.165) is 16.7 Å². The Morgan fingerprint density at radius 1 is 1.16 bits per heavy atom. The molecule has 2 rings (SSSR count). The Bertz CT molecular complexity index is 614. The van der Waals surface area contributed by atoms with Crippen LogP contribution in [0.4, 0.5) is 4.39 Å². The number of halogens is 2. The van der Waals surface area contributed by atoms with E-state index < -0.39 is 5.82 Å². The van der Waals surface area contributed by atoms with Gasteiger partial charge in [0.05, 0.1) is 4.47 Å². The van der Waals surface area contributed by atoms with Gasteiger partial charge in [-0.25, -0.2) is 4.39 Å². The van der Waals surface area contributed by atoms with Crippen LogP contribution in [0.1, 0.15) is 27.0 Å². The highest BCUT2D eigenvalue weighted by Gasteiger charge is 2.12. The van der Waals surface area contributed by atoms with Gasteiger partial charge in [0.2, 0.25) is 0 Å². The molecule has 98 valence electrons. The van der Waals surface area contributed by atoms with Crippen LogP contribution in [0.5, 0.6) is 0 Å². The number of carbonyl (C=O) groups excluding carboxylic acids is 1. The molecule has 0 aliphatic rings. The zero-order valence-corrected chi connectivity index (χ0v) is 12.4. The predicted molar refractivity (Wildman–Crippen MR) is 78.1 cm³/mol. The summed E-state index contributed by atoms with van der Waals surface area (Å²) in [5.41, 5.74) is 3.61. The first-order valence-corrected chi connectivity index (χ1v) is 6.81. The van der Waals surface area contributed by atoms with Crippen LogP contribution >= 0.6 is 15.9 Å².